The fourth-order valence-corrected chi connectivity index (χ4v) is 9.77. The monoisotopic (exact) mass is 818 g/mol. The largest absolute Gasteiger partial charge is 0.456 e. The second kappa shape index (κ2) is 15.2. The van der Waals surface area contributed by atoms with Gasteiger partial charge >= 0.3 is 0 Å². The summed E-state index contributed by atoms with van der Waals surface area (Å²) in [6.07, 6.45) is 1.99. The van der Waals surface area contributed by atoms with Crippen molar-refractivity contribution in [3.63, 3.8) is 0 Å². The van der Waals surface area contributed by atoms with E-state index in [2.05, 4.69) is 36.3 Å². The van der Waals surface area contributed by atoms with Gasteiger partial charge in [0.05, 0.1) is 11.0 Å². The molecule has 0 unspecified atom stereocenters. The van der Waals surface area contributed by atoms with Gasteiger partial charge < -0.3 is 9.73 Å². The number of nitrogens with one attached hydrogen (secondary N) is 1. The lowest BCUT2D eigenvalue weighted by Gasteiger charge is -2.20. The van der Waals surface area contributed by atoms with Gasteiger partial charge in [-0.3, -0.25) is 13.7 Å². The van der Waals surface area contributed by atoms with Gasteiger partial charge in [-0.05, 0) is 91.6 Å². The van der Waals surface area contributed by atoms with Crippen LogP contribution in [-0.4, -0.2) is 38.9 Å². The van der Waals surface area contributed by atoms with Crippen molar-refractivity contribution in [2.24, 2.45) is 4.99 Å². The molecule has 0 fully saturated rings. The molecule has 12 nitrogen and oxygen atoms in total. The Labute approximate surface area is 326 Å². The quantitative estimate of drug-likeness (QED) is 0.0719. The van der Waals surface area contributed by atoms with Crippen LogP contribution < -0.4 is 10.7 Å². The molecule has 294 valence electrons. The van der Waals surface area contributed by atoms with Crippen LogP contribution in [0, 0.1) is 13.8 Å². The number of aryl methyl sites for hydroxylation is 5. The molecule has 4 aromatic carbocycles. The molecule has 56 heavy (non-hydrogen) atoms. The molecule has 0 bridgehead atoms. The minimum Gasteiger partial charge on any atom is -0.456 e. The van der Waals surface area contributed by atoms with Crippen molar-refractivity contribution in [1.82, 2.24) is 0 Å². The molecule has 4 N–H and O–H groups in total. The first-order chi connectivity index (χ1) is 26.3. The predicted octanol–water partition coefficient (Wildman–Crippen LogP) is 8.79. The molecule has 0 saturated heterocycles. The molecule has 0 amide bonds. The van der Waals surface area contributed by atoms with Crippen LogP contribution >= 0.6 is 0 Å². The third kappa shape index (κ3) is 7.75. The Bertz CT molecular complexity index is 2910. The van der Waals surface area contributed by atoms with E-state index in [0.29, 0.717) is 23.1 Å². The first kappa shape index (κ1) is 40.8. The van der Waals surface area contributed by atoms with Crippen molar-refractivity contribution in [2.75, 3.05) is 5.32 Å². The van der Waals surface area contributed by atoms with Gasteiger partial charge in [0.1, 0.15) is 26.0 Å². The van der Waals surface area contributed by atoms with E-state index in [9.17, 15) is 38.9 Å². The zero-order valence-corrected chi connectivity index (χ0v) is 34.1. The molecule has 6 rings (SSSR count). The van der Waals surface area contributed by atoms with E-state index in [4.69, 9.17) is 4.42 Å². The molecule has 0 spiro atoms. The Hall–Kier alpha value is -4.90. The van der Waals surface area contributed by atoms with Crippen LogP contribution in [0.15, 0.2) is 96.9 Å². The Balaban J connectivity index is 1.76. The van der Waals surface area contributed by atoms with Crippen molar-refractivity contribution < 1.29 is 43.3 Å². The Morgan fingerprint density at radius 1 is 0.661 bits per heavy atom. The van der Waals surface area contributed by atoms with Crippen LogP contribution in [0.2, 0.25) is 0 Å². The van der Waals surface area contributed by atoms with Crippen LogP contribution in [0.1, 0.15) is 61.1 Å². The summed E-state index contributed by atoms with van der Waals surface area (Å²) in [5.41, 5.74) is 6.54. The van der Waals surface area contributed by atoms with Crippen LogP contribution in [0.3, 0.4) is 0 Å². The highest BCUT2D eigenvalue weighted by molar-refractivity contribution is 7.86. The molecule has 0 radical (unpaired) electrons. The molecule has 1 aliphatic heterocycles. The van der Waals surface area contributed by atoms with Crippen LogP contribution in [0.4, 0.5) is 17.1 Å². The first-order valence-electron chi connectivity index (χ1n) is 18.0. The fourth-order valence-electron chi connectivity index (χ4n) is 7.42. The van der Waals surface area contributed by atoms with E-state index in [1.807, 2.05) is 6.92 Å². The fraction of sp³-hybridized carbons (Fsp3) is 0.244. The Kier molecular flexibility index (Phi) is 11.1. The van der Waals surface area contributed by atoms with Gasteiger partial charge in [0.2, 0.25) is 0 Å². The number of anilines is 2. The molecule has 1 aliphatic carbocycles. The van der Waals surface area contributed by atoms with E-state index in [1.165, 1.54) is 31.2 Å². The third-order valence-electron chi connectivity index (χ3n) is 9.83. The maximum absolute atomic E-state index is 13.1. The summed E-state index contributed by atoms with van der Waals surface area (Å²) in [5, 5.41) is 3.58. The van der Waals surface area contributed by atoms with Crippen molar-refractivity contribution in [3.05, 3.63) is 112 Å². The van der Waals surface area contributed by atoms with E-state index in [0.717, 1.165) is 41.3 Å². The number of benzene rings is 5. The second-order valence-corrected chi connectivity index (χ2v) is 17.7. The minimum absolute atomic E-state index is 0.0259. The SMILES string of the molecule is CCc1cc(C)c(S(=O)(=O)O)c(CC)c1/N=c1\cc2oc3cc(Nc4c(CC)cc(C)cc4CC)ccc3c(-c3ccccc3S(=O)(=O)O)c-2cc1S(=O)(=O)O. The van der Waals surface area contributed by atoms with E-state index >= 15 is 0 Å². The average Bonchev–Trinajstić information content (AvgIpc) is 3.12. The molecule has 4 aromatic rings. The smallest absolute Gasteiger partial charge is 0.296 e. The maximum Gasteiger partial charge on any atom is 0.296 e. The standard InChI is InChI=1S/C41H42N2O10S3/c1-7-25-17-23(5)18-26(8-2)39(25)42-28-15-16-30-34(20-28)53-35-22-33(43-40-27(9-3)19-24(6)41(29(40)10-4)56(50,51)52)37(55(47,48)49)21-32(35)38(30)31-13-11-12-14-36(31)54(44,45)46/h11-22,42H,7-10H2,1-6H3,(H,44,45,46)(H,47,48,49)(H,50,51,52)/b43-33+. The molecular formula is C41H42N2O10S3. The van der Waals surface area contributed by atoms with Gasteiger partial charge in [0.25, 0.3) is 30.4 Å². The highest BCUT2D eigenvalue weighted by atomic mass is 32.2. The topological polar surface area (TPSA) is 201 Å². The summed E-state index contributed by atoms with van der Waals surface area (Å²) in [5.74, 6) is 0.0259. The van der Waals surface area contributed by atoms with Gasteiger partial charge in [-0.25, -0.2) is 4.99 Å². The van der Waals surface area contributed by atoms with Gasteiger partial charge in [0, 0.05) is 45.6 Å². The van der Waals surface area contributed by atoms with E-state index in [1.54, 1.807) is 44.2 Å². The van der Waals surface area contributed by atoms with Gasteiger partial charge in [0.15, 0.2) is 0 Å². The van der Waals surface area contributed by atoms with Crippen molar-refractivity contribution in [1.29, 1.82) is 0 Å². The van der Waals surface area contributed by atoms with Crippen molar-refractivity contribution in [3.8, 4) is 22.5 Å². The average molecular weight is 819 g/mol. The summed E-state index contributed by atoms with van der Waals surface area (Å²) in [6, 6.07) is 19.0. The molecule has 0 aromatic heterocycles. The summed E-state index contributed by atoms with van der Waals surface area (Å²) >= 11 is 0. The molecule has 0 saturated carbocycles. The number of nitrogens with zero attached hydrogens (tertiary/aromatic N) is 1. The van der Waals surface area contributed by atoms with Crippen molar-refractivity contribution in [2.45, 2.75) is 81.9 Å². The first-order valence-corrected chi connectivity index (χ1v) is 22.3. The lowest BCUT2D eigenvalue weighted by atomic mass is 9.93. The zero-order valence-electron chi connectivity index (χ0n) is 31.6. The lowest BCUT2D eigenvalue weighted by Crippen LogP contribution is -2.17. The summed E-state index contributed by atoms with van der Waals surface area (Å²) < 4.78 is 114. The molecule has 2 aliphatic rings. The number of hydrogen-bond donors (Lipinski definition) is 4. The summed E-state index contributed by atoms with van der Waals surface area (Å²) in [4.78, 5) is 3.17. The van der Waals surface area contributed by atoms with Gasteiger partial charge in [-0.15, -0.1) is 0 Å². The third-order valence-corrected chi connectivity index (χ3v) is 12.7. The Morgan fingerprint density at radius 2 is 1.29 bits per heavy atom. The summed E-state index contributed by atoms with van der Waals surface area (Å²) in [7, 11) is -14.6. The lowest BCUT2D eigenvalue weighted by molar-refractivity contribution is 0.479. The molecular weight excluding hydrogens is 777 g/mol. The zero-order chi connectivity index (χ0) is 40.9. The second-order valence-electron chi connectivity index (χ2n) is 13.5. The molecule has 1 heterocycles. The van der Waals surface area contributed by atoms with Gasteiger partial charge in [-0.2, -0.15) is 25.3 Å². The van der Waals surface area contributed by atoms with Gasteiger partial charge in [-0.1, -0.05) is 69.7 Å². The van der Waals surface area contributed by atoms with Crippen LogP contribution in [0.5, 0.6) is 0 Å². The van der Waals surface area contributed by atoms with E-state index in [-0.39, 0.29) is 61.5 Å². The van der Waals surface area contributed by atoms with Crippen LogP contribution in [-0.2, 0) is 56.0 Å². The number of rotatable bonds is 11. The maximum atomic E-state index is 13.1. The molecule has 0 atom stereocenters. The Morgan fingerprint density at radius 3 is 1.86 bits per heavy atom. The summed E-state index contributed by atoms with van der Waals surface area (Å²) in [6.45, 7) is 11.2. The van der Waals surface area contributed by atoms with E-state index < -0.39 is 40.1 Å². The number of hydrogen-bond acceptors (Lipinski definition) is 9. The normalized spacial score (nSPS) is 12.8. The minimum atomic E-state index is -5.06. The number of fused-ring (bicyclic) bond motifs is 2. The van der Waals surface area contributed by atoms with Crippen LogP contribution in [0.25, 0.3) is 33.4 Å². The highest BCUT2D eigenvalue weighted by Crippen LogP contribution is 2.44. The molecule has 15 heteroatoms. The predicted molar refractivity (Wildman–Crippen MR) is 216 cm³/mol. The van der Waals surface area contributed by atoms with Crippen molar-refractivity contribution >= 4 is 58.4 Å². The highest BCUT2D eigenvalue weighted by Gasteiger charge is 2.28.